The molecule has 2 rings (SSSR count). The van der Waals surface area contributed by atoms with Gasteiger partial charge in [0.25, 0.3) is 0 Å². The van der Waals surface area contributed by atoms with E-state index in [2.05, 4.69) is 5.32 Å². The van der Waals surface area contributed by atoms with Crippen LogP contribution in [-0.2, 0) is 9.59 Å². The second kappa shape index (κ2) is 5.15. The maximum atomic E-state index is 13.0. The predicted molar refractivity (Wildman–Crippen MR) is 83.7 cm³/mol. The van der Waals surface area contributed by atoms with Gasteiger partial charge in [-0.05, 0) is 44.9 Å². The van der Waals surface area contributed by atoms with Gasteiger partial charge in [0.15, 0.2) is 0 Å². The van der Waals surface area contributed by atoms with Gasteiger partial charge in [-0.2, -0.15) is 0 Å². The van der Waals surface area contributed by atoms with Gasteiger partial charge >= 0.3 is 0 Å². The molecule has 0 radical (unpaired) electrons. The van der Waals surface area contributed by atoms with Crippen LogP contribution in [0.4, 0.5) is 0 Å². The molecule has 1 aliphatic heterocycles. The van der Waals surface area contributed by atoms with Crippen LogP contribution in [0.5, 0.6) is 0 Å². The molecule has 2 amide bonds. The standard InChI is InChI=1S/C17H28N2O2/c1-11(2)9-10-19-14(20)13(16(3,4)5)18-15(21)17(19,6)12-7-8-12/h9,12-13H,7-8,10H2,1-6H3,(H,18,21). The highest BCUT2D eigenvalue weighted by atomic mass is 16.2. The molecule has 0 aromatic rings. The monoisotopic (exact) mass is 292 g/mol. The molecule has 1 N–H and O–H groups in total. The Kier molecular flexibility index (Phi) is 3.94. The topological polar surface area (TPSA) is 49.4 Å². The number of hydrogen-bond acceptors (Lipinski definition) is 2. The van der Waals surface area contributed by atoms with Crippen molar-refractivity contribution < 1.29 is 9.59 Å². The summed E-state index contributed by atoms with van der Waals surface area (Å²) in [5.74, 6) is 0.355. The van der Waals surface area contributed by atoms with Crippen molar-refractivity contribution in [3.05, 3.63) is 11.6 Å². The van der Waals surface area contributed by atoms with E-state index in [1.807, 2.05) is 52.5 Å². The average Bonchev–Trinajstić information content (AvgIpc) is 3.16. The molecule has 4 nitrogen and oxygen atoms in total. The number of amides is 2. The van der Waals surface area contributed by atoms with Gasteiger partial charge in [0, 0.05) is 6.54 Å². The second-order valence-corrected chi connectivity index (χ2v) is 7.92. The third-order valence-electron chi connectivity index (χ3n) is 4.73. The van der Waals surface area contributed by atoms with E-state index in [-0.39, 0.29) is 17.2 Å². The molecule has 0 aromatic carbocycles. The Morgan fingerprint density at radius 1 is 1.33 bits per heavy atom. The smallest absolute Gasteiger partial charge is 0.246 e. The normalized spacial score (nSPS) is 30.2. The first-order chi connectivity index (χ1) is 9.58. The summed E-state index contributed by atoms with van der Waals surface area (Å²) in [6.45, 7) is 12.5. The van der Waals surface area contributed by atoms with Gasteiger partial charge in [0.2, 0.25) is 11.8 Å². The highest BCUT2D eigenvalue weighted by Crippen LogP contribution is 2.45. The molecule has 2 unspecified atom stereocenters. The summed E-state index contributed by atoms with van der Waals surface area (Å²) in [6, 6.07) is -0.442. The minimum atomic E-state index is -0.690. The molecular formula is C17H28N2O2. The van der Waals surface area contributed by atoms with Crippen molar-refractivity contribution in [2.75, 3.05) is 6.54 Å². The largest absolute Gasteiger partial charge is 0.342 e. The maximum absolute atomic E-state index is 13.0. The maximum Gasteiger partial charge on any atom is 0.246 e. The molecule has 1 heterocycles. The van der Waals surface area contributed by atoms with E-state index in [9.17, 15) is 9.59 Å². The van der Waals surface area contributed by atoms with Crippen LogP contribution in [-0.4, -0.2) is 34.8 Å². The highest BCUT2D eigenvalue weighted by molar-refractivity contribution is 6.00. The molecule has 0 aromatic heterocycles. The lowest BCUT2D eigenvalue weighted by Crippen LogP contribution is -2.72. The lowest BCUT2D eigenvalue weighted by atomic mass is 9.80. The van der Waals surface area contributed by atoms with E-state index >= 15 is 0 Å². The summed E-state index contributed by atoms with van der Waals surface area (Å²) in [5.41, 5.74) is 0.199. The molecule has 2 aliphatic rings. The van der Waals surface area contributed by atoms with Crippen molar-refractivity contribution >= 4 is 11.8 Å². The number of rotatable bonds is 3. The van der Waals surface area contributed by atoms with Crippen LogP contribution in [0.1, 0.15) is 54.4 Å². The fourth-order valence-electron chi connectivity index (χ4n) is 3.04. The molecule has 0 bridgehead atoms. The van der Waals surface area contributed by atoms with Gasteiger partial charge in [0.1, 0.15) is 11.6 Å². The zero-order chi connectivity index (χ0) is 16.0. The molecule has 0 spiro atoms. The number of allylic oxidation sites excluding steroid dienone is 1. The number of piperazine rings is 1. The number of hydrogen-bond donors (Lipinski definition) is 1. The zero-order valence-corrected chi connectivity index (χ0v) is 14.1. The van der Waals surface area contributed by atoms with Crippen molar-refractivity contribution in [1.82, 2.24) is 10.2 Å². The molecule has 1 aliphatic carbocycles. The SMILES string of the molecule is CC(C)=CCN1C(=O)C(C(C)(C)C)NC(=O)C1(C)C1CC1. The van der Waals surface area contributed by atoms with Crippen molar-refractivity contribution in [2.24, 2.45) is 11.3 Å². The molecule has 21 heavy (non-hydrogen) atoms. The minimum absolute atomic E-state index is 0.00619. The van der Waals surface area contributed by atoms with E-state index in [1.54, 1.807) is 0 Å². The Morgan fingerprint density at radius 3 is 2.33 bits per heavy atom. The average molecular weight is 292 g/mol. The van der Waals surface area contributed by atoms with Crippen LogP contribution in [0.2, 0.25) is 0 Å². The second-order valence-electron chi connectivity index (χ2n) is 7.92. The third-order valence-corrected chi connectivity index (χ3v) is 4.73. The van der Waals surface area contributed by atoms with Crippen molar-refractivity contribution in [1.29, 1.82) is 0 Å². The Hall–Kier alpha value is -1.32. The Balaban J connectivity index is 2.37. The predicted octanol–water partition coefficient (Wildman–Crippen LogP) is 2.49. The first-order valence-corrected chi connectivity index (χ1v) is 7.84. The molecule has 4 heteroatoms. The van der Waals surface area contributed by atoms with Crippen molar-refractivity contribution in [3.63, 3.8) is 0 Å². The molecule has 118 valence electrons. The van der Waals surface area contributed by atoms with Crippen LogP contribution >= 0.6 is 0 Å². The lowest BCUT2D eigenvalue weighted by Gasteiger charge is -2.49. The van der Waals surface area contributed by atoms with Crippen molar-refractivity contribution in [3.8, 4) is 0 Å². The quantitative estimate of drug-likeness (QED) is 0.813. The summed E-state index contributed by atoms with van der Waals surface area (Å²) >= 11 is 0. The van der Waals surface area contributed by atoms with Gasteiger partial charge < -0.3 is 10.2 Å². The Labute approximate surface area is 128 Å². The van der Waals surface area contributed by atoms with Crippen LogP contribution < -0.4 is 5.32 Å². The third kappa shape index (κ3) is 2.85. The highest BCUT2D eigenvalue weighted by Gasteiger charge is 2.58. The first kappa shape index (κ1) is 16.1. The van der Waals surface area contributed by atoms with E-state index < -0.39 is 11.6 Å². The molecular weight excluding hydrogens is 264 g/mol. The van der Waals surface area contributed by atoms with Gasteiger partial charge in [0.05, 0.1) is 0 Å². The summed E-state index contributed by atoms with van der Waals surface area (Å²) in [7, 11) is 0. The summed E-state index contributed by atoms with van der Waals surface area (Å²) < 4.78 is 0. The number of nitrogens with zero attached hydrogens (tertiary/aromatic N) is 1. The molecule has 2 atom stereocenters. The Bertz CT molecular complexity index is 482. The number of nitrogens with one attached hydrogen (secondary N) is 1. The summed E-state index contributed by atoms with van der Waals surface area (Å²) in [5, 5.41) is 2.98. The minimum Gasteiger partial charge on any atom is -0.342 e. The van der Waals surface area contributed by atoms with Crippen LogP contribution in [0.15, 0.2) is 11.6 Å². The fourth-order valence-corrected chi connectivity index (χ4v) is 3.04. The number of carbonyl (C=O) groups is 2. The molecule has 1 saturated carbocycles. The van der Waals surface area contributed by atoms with E-state index in [0.717, 1.165) is 12.8 Å². The fraction of sp³-hybridized carbons (Fsp3) is 0.765. The lowest BCUT2D eigenvalue weighted by molar-refractivity contribution is -0.160. The van der Waals surface area contributed by atoms with Crippen molar-refractivity contribution in [2.45, 2.75) is 66.0 Å². The van der Waals surface area contributed by atoms with Crippen LogP contribution in [0.3, 0.4) is 0 Å². The van der Waals surface area contributed by atoms with E-state index in [1.165, 1.54) is 5.57 Å². The molecule has 2 fully saturated rings. The summed E-state index contributed by atoms with van der Waals surface area (Å²) in [6.07, 6.45) is 4.10. The van der Waals surface area contributed by atoms with Crippen LogP contribution in [0, 0.1) is 11.3 Å². The zero-order valence-electron chi connectivity index (χ0n) is 14.1. The number of carbonyl (C=O) groups excluding carboxylic acids is 2. The molecule has 1 saturated heterocycles. The van der Waals surface area contributed by atoms with Crippen LogP contribution in [0.25, 0.3) is 0 Å². The van der Waals surface area contributed by atoms with Gasteiger partial charge in [-0.25, -0.2) is 0 Å². The van der Waals surface area contributed by atoms with E-state index in [4.69, 9.17) is 0 Å². The summed E-state index contributed by atoms with van der Waals surface area (Å²) in [4.78, 5) is 27.5. The van der Waals surface area contributed by atoms with Gasteiger partial charge in [-0.15, -0.1) is 0 Å². The van der Waals surface area contributed by atoms with E-state index in [0.29, 0.717) is 12.5 Å². The van der Waals surface area contributed by atoms with Gasteiger partial charge in [-0.3, -0.25) is 9.59 Å². The Morgan fingerprint density at radius 2 is 1.90 bits per heavy atom. The first-order valence-electron chi connectivity index (χ1n) is 7.84. The van der Waals surface area contributed by atoms with Gasteiger partial charge in [-0.1, -0.05) is 32.4 Å².